The van der Waals surface area contributed by atoms with Gasteiger partial charge in [0.1, 0.15) is 0 Å². The van der Waals surface area contributed by atoms with Crippen LogP contribution in [0.2, 0.25) is 0 Å². The van der Waals surface area contributed by atoms with E-state index >= 15 is 0 Å². The van der Waals surface area contributed by atoms with Gasteiger partial charge in [0.25, 0.3) is 0 Å². The second kappa shape index (κ2) is 13.6. The molecular formula is C54H37N3. The van der Waals surface area contributed by atoms with E-state index in [0.29, 0.717) is 0 Å². The van der Waals surface area contributed by atoms with Crippen LogP contribution in [0, 0.1) is 0 Å². The molecule has 0 atom stereocenters. The zero-order valence-electron chi connectivity index (χ0n) is 31.2. The van der Waals surface area contributed by atoms with Crippen LogP contribution in [-0.2, 0) is 0 Å². The Bertz CT molecular complexity index is 3200. The molecule has 268 valence electrons. The summed E-state index contributed by atoms with van der Waals surface area (Å²) in [5.41, 5.74) is 15.2. The van der Waals surface area contributed by atoms with Crippen molar-refractivity contribution in [2.24, 2.45) is 0 Å². The van der Waals surface area contributed by atoms with Crippen molar-refractivity contribution in [3.63, 3.8) is 0 Å². The third kappa shape index (κ3) is 5.60. The van der Waals surface area contributed by atoms with Gasteiger partial charge >= 0.3 is 0 Å². The van der Waals surface area contributed by atoms with E-state index in [4.69, 9.17) is 0 Å². The van der Waals surface area contributed by atoms with E-state index in [1.807, 2.05) is 0 Å². The van der Waals surface area contributed by atoms with Gasteiger partial charge in [0.2, 0.25) is 0 Å². The van der Waals surface area contributed by atoms with Crippen molar-refractivity contribution in [2.45, 2.75) is 0 Å². The summed E-state index contributed by atoms with van der Waals surface area (Å²) in [7, 11) is 0. The highest BCUT2D eigenvalue weighted by atomic mass is 15.1. The summed E-state index contributed by atoms with van der Waals surface area (Å²) in [4.78, 5) is 2.38. The van der Waals surface area contributed by atoms with Gasteiger partial charge in [0, 0.05) is 50.0 Å². The van der Waals surface area contributed by atoms with Crippen LogP contribution in [0.25, 0.3) is 77.2 Å². The first-order chi connectivity index (χ1) is 28.3. The third-order valence-corrected chi connectivity index (χ3v) is 11.3. The molecular weight excluding hydrogens is 691 g/mol. The molecule has 11 rings (SSSR count). The summed E-state index contributed by atoms with van der Waals surface area (Å²) in [6.45, 7) is 0. The topological polar surface area (TPSA) is 13.1 Å². The maximum Gasteiger partial charge on any atom is 0.0561 e. The predicted molar refractivity (Wildman–Crippen MR) is 241 cm³/mol. The first-order valence-corrected chi connectivity index (χ1v) is 19.5. The largest absolute Gasteiger partial charge is 0.310 e. The summed E-state index contributed by atoms with van der Waals surface area (Å²) >= 11 is 0. The number of rotatable bonds is 7. The smallest absolute Gasteiger partial charge is 0.0561 e. The van der Waals surface area contributed by atoms with Crippen LogP contribution >= 0.6 is 0 Å². The molecule has 3 heteroatoms. The Balaban J connectivity index is 1.04. The second-order valence-electron chi connectivity index (χ2n) is 14.6. The summed E-state index contributed by atoms with van der Waals surface area (Å²) in [6, 6.07) is 81.1. The molecule has 0 saturated carbocycles. The van der Waals surface area contributed by atoms with Crippen molar-refractivity contribution in [1.29, 1.82) is 0 Å². The number of hydrogen-bond acceptors (Lipinski definition) is 1. The lowest BCUT2D eigenvalue weighted by Crippen LogP contribution is -2.10. The Kier molecular flexibility index (Phi) is 7.82. The summed E-state index contributed by atoms with van der Waals surface area (Å²) in [5, 5.41) is 4.98. The molecule has 11 aromatic rings. The van der Waals surface area contributed by atoms with Crippen molar-refractivity contribution in [2.75, 3.05) is 4.90 Å². The molecule has 0 spiro atoms. The van der Waals surface area contributed by atoms with Gasteiger partial charge in [-0.05, 0) is 107 Å². The Morgan fingerprint density at radius 3 is 1.25 bits per heavy atom. The monoisotopic (exact) mass is 727 g/mol. The Hall–Kier alpha value is -7.62. The summed E-state index contributed by atoms with van der Waals surface area (Å²) in [5.74, 6) is 0. The fourth-order valence-corrected chi connectivity index (χ4v) is 8.64. The van der Waals surface area contributed by atoms with Gasteiger partial charge < -0.3 is 14.0 Å². The average molecular weight is 728 g/mol. The van der Waals surface area contributed by atoms with E-state index in [0.717, 1.165) is 22.7 Å². The lowest BCUT2D eigenvalue weighted by atomic mass is 10.0. The van der Waals surface area contributed by atoms with Crippen molar-refractivity contribution in [3.05, 3.63) is 224 Å². The van der Waals surface area contributed by atoms with Gasteiger partial charge in [-0.3, -0.25) is 0 Å². The van der Waals surface area contributed by atoms with Crippen molar-refractivity contribution in [3.8, 4) is 33.6 Å². The molecule has 0 amide bonds. The summed E-state index contributed by atoms with van der Waals surface area (Å²) < 4.78 is 4.76. The number of hydrogen-bond donors (Lipinski definition) is 0. The molecule has 0 saturated heterocycles. The van der Waals surface area contributed by atoms with Crippen LogP contribution in [-0.4, -0.2) is 9.13 Å². The SMILES string of the molecule is c1ccc(-c2ccc(N(c3ccc(-c4ccc5c(c4)c4ccccc4n5-c4ccccc4)cc3)c3ccc4c5ccccc5n(-c5ccccc5)c4c3)cc2)cc1. The molecule has 0 fully saturated rings. The van der Waals surface area contributed by atoms with Gasteiger partial charge in [-0.25, -0.2) is 0 Å². The van der Waals surface area contributed by atoms with Crippen LogP contribution in [0.15, 0.2) is 224 Å². The van der Waals surface area contributed by atoms with Crippen LogP contribution in [0.5, 0.6) is 0 Å². The first kappa shape index (κ1) is 32.8. The van der Waals surface area contributed by atoms with Crippen molar-refractivity contribution >= 4 is 60.7 Å². The average Bonchev–Trinajstić information content (AvgIpc) is 3.80. The Labute approximate surface area is 331 Å². The van der Waals surface area contributed by atoms with E-state index in [-0.39, 0.29) is 0 Å². The standard InChI is InChI=1S/C54H37N3/c1-4-14-38(15-5-1)39-24-29-44(30-25-39)55(46-33-34-49-47-20-10-12-22-51(47)57(54(49)37-46)43-18-8-3-9-19-43)45-31-26-40(27-32-45)41-28-35-53-50(36-41)48-21-11-13-23-52(48)56(53)42-16-6-2-7-17-42/h1-37H. The minimum atomic E-state index is 1.09. The van der Waals surface area contributed by atoms with E-state index in [1.54, 1.807) is 0 Å². The third-order valence-electron chi connectivity index (χ3n) is 11.3. The molecule has 2 aromatic heterocycles. The number of fused-ring (bicyclic) bond motifs is 6. The van der Waals surface area contributed by atoms with Crippen LogP contribution < -0.4 is 4.90 Å². The number of nitrogens with zero attached hydrogens (tertiary/aromatic N) is 3. The van der Waals surface area contributed by atoms with Crippen molar-refractivity contribution in [1.82, 2.24) is 9.13 Å². The van der Waals surface area contributed by atoms with Gasteiger partial charge in [-0.1, -0.05) is 140 Å². The predicted octanol–water partition coefficient (Wildman–Crippen LogP) is 14.7. The highest BCUT2D eigenvalue weighted by molar-refractivity contribution is 6.11. The lowest BCUT2D eigenvalue weighted by molar-refractivity contribution is 1.18. The highest BCUT2D eigenvalue weighted by Crippen LogP contribution is 2.41. The fourth-order valence-electron chi connectivity index (χ4n) is 8.64. The number of aromatic nitrogens is 2. The zero-order valence-corrected chi connectivity index (χ0v) is 31.2. The maximum absolute atomic E-state index is 2.39. The molecule has 57 heavy (non-hydrogen) atoms. The minimum absolute atomic E-state index is 1.09. The summed E-state index contributed by atoms with van der Waals surface area (Å²) in [6.07, 6.45) is 0. The molecule has 0 radical (unpaired) electrons. The quantitative estimate of drug-likeness (QED) is 0.159. The van der Waals surface area contributed by atoms with E-state index in [1.165, 1.54) is 71.6 Å². The van der Waals surface area contributed by atoms with E-state index in [2.05, 4.69) is 238 Å². The molecule has 0 aliphatic heterocycles. The van der Waals surface area contributed by atoms with Gasteiger partial charge in [0.15, 0.2) is 0 Å². The molecule has 0 unspecified atom stereocenters. The lowest BCUT2D eigenvalue weighted by Gasteiger charge is -2.26. The first-order valence-electron chi connectivity index (χ1n) is 19.5. The van der Waals surface area contributed by atoms with Crippen molar-refractivity contribution < 1.29 is 0 Å². The van der Waals surface area contributed by atoms with Gasteiger partial charge in [0.05, 0.1) is 22.1 Å². The highest BCUT2D eigenvalue weighted by Gasteiger charge is 2.19. The molecule has 0 aliphatic carbocycles. The Morgan fingerprint density at radius 1 is 0.246 bits per heavy atom. The molecule has 0 bridgehead atoms. The molecule has 9 aromatic carbocycles. The van der Waals surface area contributed by atoms with Crippen LogP contribution in [0.1, 0.15) is 0 Å². The fraction of sp³-hybridized carbons (Fsp3) is 0. The van der Waals surface area contributed by atoms with Crippen LogP contribution in [0.3, 0.4) is 0 Å². The normalized spacial score (nSPS) is 11.5. The number of para-hydroxylation sites is 4. The van der Waals surface area contributed by atoms with Crippen LogP contribution in [0.4, 0.5) is 17.1 Å². The number of benzene rings is 9. The van der Waals surface area contributed by atoms with E-state index < -0.39 is 0 Å². The zero-order chi connectivity index (χ0) is 37.7. The van der Waals surface area contributed by atoms with Gasteiger partial charge in [-0.15, -0.1) is 0 Å². The second-order valence-corrected chi connectivity index (χ2v) is 14.6. The molecule has 0 N–H and O–H groups in total. The molecule has 0 aliphatic rings. The van der Waals surface area contributed by atoms with E-state index in [9.17, 15) is 0 Å². The maximum atomic E-state index is 2.39. The molecule has 2 heterocycles. The molecule has 3 nitrogen and oxygen atoms in total. The Morgan fingerprint density at radius 2 is 0.649 bits per heavy atom. The minimum Gasteiger partial charge on any atom is -0.310 e. The van der Waals surface area contributed by atoms with Gasteiger partial charge in [-0.2, -0.15) is 0 Å². The number of anilines is 3.